The zero-order valence-electron chi connectivity index (χ0n) is 11.1. The molecule has 2 aromatic heterocycles. The summed E-state index contributed by atoms with van der Waals surface area (Å²) in [5.41, 5.74) is 3.38. The second kappa shape index (κ2) is 4.48. The third-order valence-electron chi connectivity index (χ3n) is 3.59. The number of hydrogen-bond acceptors (Lipinski definition) is 4. The number of carboxylic acid groups (broad SMARTS) is 1. The Labute approximate surface area is 114 Å². The summed E-state index contributed by atoms with van der Waals surface area (Å²) in [6.07, 6.45) is 1.30. The van der Waals surface area contributed by atoms with Crippen LogP contribution in [-0.2, 0) is 6.54 Å². The van der Waals surface area contributed by atoms with Crippen molar-refractivity contribution in [3.63, 3.8) is 0 Å². The Morgan fingerprint density at radius 1 is 1.40 bits per heavy atom. The van der Waals surface area contributed by atoms with E-state index in [2.05, 4.69) is 14.7 Å². The van der Waals surface area contributed by atoms with Crippen LogP contribution >= 0.6 is 0 Å². The highest BCUT2D eigenvalue weighted by atomic mass is 16.5. The predicted octanol–water partition coefficient (Wildman–Crippen LogP) is 2.39. The van der Waals surface area contributed by atoms with E-state index in [-0.39, 0.29) is 5.56 Å². The number of hydrogen-bond donors (Lipinski definition) is 1. The molecular weight excluding hydrogens is 258 g/mol. The standard InChI is InChI=1S/C14H13N3O3/c1-8-9(2)17(6-13-15-7-20-16-13)12-4-3-10(14(18)19)5-11(8)12/h3-5,7H,6H2,1-2H3,(H,18,19). The highest BCUT2D eigenvalue weighted by Gasteiger charge is 2.14. The van der Waals surface area contributed by atoms with Gasteiger partial charge in [-0.3, -0.25) is 0 Å². The molecule has 1 N–H and O–H groups in total. The Hall–Kier alpha value is -2.63. The van der Waals surface area contributed by atoms with Crippen LogP contribution in [0.25, 0.3) is 10.9 Å². The van der Waals surface area contributed by atoms with E-state index in [1.807, 2.05) is 19.9 Å². The number of rotatable bonds is 3. The quantitative estimate of drug-likeness (QED) is 0.791. The van der Waals surface area contributed by atoms with Gasteiger partial charge in [-0.05, 0) is 37.6 Å². The minimum atomic E-state index is -0.921. The molecule has 6 heteroatoms. The third kappa shape index (κ3) is 1.85. The van der Waals surface area contributed by atoms with Crippen LogP contribution in [0.1, 0.15) is 27.4 Å². The first-order valence-electron chi connectivity index (χ1n) is 6.16. The van der Waals surface area contributed by atoms with Gasteiger partial charge in [0.25, 0.3) is 0 Å². The molecule has 0 unspecified atom stereocenters. The van der Waals surface area contributed by atoms with E-state index in [0.29, 0.717) is 12.4 Å². The lowest BCUT2D eigenvalue weighted by atomic mass is 10.1. The van der Waals surface area contributed by atoms with Crippen molar-refractivity contribution in [2.75, 3.05) is 0 Å². The molecule has 0 saturated heterocycles. The highest BCUT2D eigenvalue weighted by molar-refractivity contribution is 5.95. The fraction of sp³-hybridized carbons (Fsp3) is 0.214. The van der Waals surface area contributed by atoms with E-state index >= 15 is 0 Å². The second-order valence-electron chi connectivity index (χ2n) is 4.68. The number of aryl methyl sites for hydroxylation is 1. The summed E-state index contributed by atoms with van der Waals surface area (Å²) in [4.78, 5) is 15.1. The summed E-state index contributed by atoms with van der Waals surface area (Å²) < 4.78 is 6.80. The van der Waals surface area contributed by atoms with Gasteiger partial charge in [0, 0.05) is 16.6 Å². The first-order chi connectivity index (χ1) is 9.58. The summed E-state index contributed by atoms with van der Waals surface area (Å²) in [5.74, 6) is -0.331. The largest absolute Gasteiger partial charge is 0.478 e. The maximum Gasteiger partial charge on any atom is 0.335 e. The number of aromatic carboxylic acids is 1. The van der Waals surface area contributed by atoms with Gasteiger partial charge in [-0.2, -0.15) is 4.98 Å². The van der Waals surface area contributed by atoms with E-state index in [4.69, 9.17) is 9.63 Å². The lowest BCUT2D eigenvalue weighted by Gasteiger charge is -2.05. The van der Waals surface area contributed by atoms with Gasteiger partial charge < -0.3 is 14.2 Å². The number of fused-ring (bicyclic) bond motifs is 1. The van der Waals surface area contributed by atoms with Crippen LogP contribution < -0.4 is 0 Å². The maximum absolute atomic E-state index is 11.1. The Bertz CT molecular complexity index is 788. The molecule has 20 heavy (non-hydrogen) atoms. The molecule has 1 aromatic carbocycles. The molecule has 0 aliphatic heterocycles. The number of aromatic nitrogens is 3. The van der Waals surface area contributed by atoms with E-state index in [0.717, 1.165) is 22.2 Å². The zero-order valence-corrected chi connectivity index (χ0v) is 11.1. The van der Waals surface area contributed by atoms with Gasteiger partial charge in [0.1, 0.15) is 0 Å². The van der Waals surface area contributed by atoms with Crippen LogP contribution in [-0.4, -0.2) is 25.8 Å². The molecule has 0 spiro atoms. The fourth-order valence-corrected chi connectivity index (χ4v) is 2.39. The van der Waals surface area contributed by atoms with Gasteiger partial charge in [0.15, 0.2) is 5.82 Å². The van der Waals surface area contributed by atoms with E-state index in [9.17, 15) is 4.79 Å². The van der Waals surface area contributed by atoms with Crippen LogP contribution in [0.2, 0.25) is 0 Å². The topological polar surface area (TPSA) is 81.2 Å². The predicted molar refractivity (Wildman–Crippen MR) is 71.8 cm³/mol. The molecule has 0 bridgehead atoms. The average Bonchev–Trinajstić information content (AvgIpc) is 3.02. The molecule has 0 atom stereocenters. The summed E-state index contributed by atoms with van der Waals surface area (Å²) in [5, 5.41) is 13.8. The number of carboxylic acids is 1. The molecule has 0 aliphatic carbocycles. The van der Waals surface area contributed by atoms with Gasteiger partial charge in [-0.1, -0.05) is 5.16 Å². The molecule has 102 valence electrons. The molecule has 0 amide bonds. The molecule has 0 fully saturated rings. The van der Waals surface area contributed by atoms with Crippen molar-refractivity contribution in [1.29, 1.82) is 0 Å². The Morgan fingerprint density at radius 2 is 2.20 bits per heavy atom. The van der Waals surface area contributed by atoms with E-state index in [1.165, 1.54) is 6.39 Å². The van der Waals surface area contributed by atoms with Crippen LogP contribution in [0.4, 0.5) is 0 Å². The average molecular weight is 271 g/mol. The van der Waals surface area contributed by atoms with E-state index in [1.54, 1.807) is 12.1 Å². The van der Waals surface area contributed by atoms with Crippen molar-refractivity contribution in [2.45, 2.75) is 20.4 Å². The van der Waals surface area contributed by atoms with Gasteiger partial charge >= 0.3 is 5.97 Å². The smallest absolute Gasteiger partial charge is 0.335 e. The van der Waals surface area contributed by atoms with Crippen molar-refractivity contribution >= 4 is 16.9 Å². The van der Waals surface area contributed by atoms with Crippen molar-refractivity contribution in [3.8, 4) is 0 Å². The summed E-state index contributed by atoms with van der Waals surface area (Å²) >= 11 is 0. The summed E-state index contributed by atoms with van der Waals surface area (Å²) in [6.45, 7) is 4.48. The molecular formula is C14H13N3O3. The minimum absolute atomic E-state index is 0.289. The third-order valence-corrected chi connectivity index (χ3v) is 3.59. The van der Waals surface area contributed by atoms with Gasteiger partial charge in [-0.25, -0.2) is 4.79 Å². The van der Waals surface area contributed by atoms with Crippen molar-refractivity contribution in [3.05, 3.63) is 47.2 Å². The van der Waals surface area contributed by atoms with Gasteiger partial charge in [-0.15, -0.1) is 0 Å². The minimum Gasteiger partial charge on any atom is -0.478 e. The maximum atomic E-state index is 11.1. The zero-order chi connectivity index (χ0) is 14.3. The number of benzene rings is 1. The molecule has 2 heterocycles. The van der Waals surface area contributed by atoms with Crippen LogP contribution in [0, 0.1) is 13.8 Å². The second-order valence-corrected chi connectivity index (χ2v) is 4.68. The molecule has 0 aliphatic rings. The lowest BCUT2D eigenvalue weighted by molar-refractivity contribution is 0.0697. The Morgan fingerprint density at radius 3 is 2.85 bits per heavy atom. The molecule has 3 rings (SSSR count). The molecule has 3 aromatic rings. The normalized spacial score (nSPS) is 11.1. The highest BCUT2D eigenvalue weighted by Crippen LogP contribution is 2.26. The van der Waals surface area contributed by atoms with Crippen molar-refractivity contribution in [2.24, 2.45) is 0 Å². The van der Waals surface area contributed by atoms with Crippen molar-refractivity contribution in [1.82, 2.24) is 14.7 Å². The van der Waals surface area contributed by atoms with Crippen LogP contribution in [0.5, 0.6) is 0 Å². The Balaban J connectivity index is 2.17. The Kier molecular flexibility index (Phi) is 2.78. The van der Waals surface area contributed by atoms with E-state index < -0.39 is 5.97 Å². The SMILES string of the molecule is Cc1c(C)n(Cc2ncon2)c2ccc(C(=O)O)cc12. The molecule has 6 nitrogen and oxygen atoms in total. The summed E-state index contributed by atoms with van der Waals surface area (Å²) in [6, 6.07) is 5.13. The number of carbonyl (C=O) groups is 1. The molecule has 0 radical (unpaired) electrons. The number of nitrogens with zero attached hydrogens (tertiary/aromatic N) is 3. The summed E-state index contributed by atoms with van der Waals surface area (Å²) in [7, 11) is 0. The fourth-order valence-electron chi connectivity index (χ4n) is 2.39. The van der Waals surface area contributed by atoms with Gasteiger partial charge in [0.05, 0.1) is 12.1 Å². The first kappa shape index (κ1) is 12.4. The monoisotopic (exact) mass is 271 g/mol. The lowest BCUT2D eigenvalue weighted by Crippen LogP contribution is -2.03. The first-order valence-corrected chi connectivity index (χ1v) is 6.16. The van der Waals surface area contributed by atoms with Crippen LogP contribution in [0.15, 0.2) is 29.1 Å². The van der Waals surface area contributed by atoms with Gasteiger partial charge in [0.2, 0.25) is 6.39 Å². The van der Waals surface area contributed by atoms with Crippen LogP contribution in [0.3, 0.4) is 0 Å². The molecule has 0 saturated carbocycles. The van der Waals surface area contributed by atoms with Crippen molar-refractivity contribution < 1.29 is 14.4 Å².